The van der Waals surface area contributed by atoms with Crippen LogP contribution in [0.1, 0.15) is 54.7 Å². The molecule has 1 saturated carbocycles. The second-order valence-electron chi connectivity index (χ2n) is 9.38. The van der Waals surface area contributed by atoms with E-state index in [0.29, 0.717) is 42.0 Å². The van der Waals surface area contributed by atoms with Crippen LogP contribution in [0.4, 0.5) is 5.82 Å². The van der Waals surface area contributed by atoms with Crippen molar-refractivity contribution in [1.29, 1.82) is 0 Å². The van der Waals surface area contributed by atoms with E-state index in [4.69, 9.17) is 14.2 Å². The number of anilines is 1. The Morgan fingerprint density at radius 3 is 2.80 bits per heavy atom. The Labute approximate surface area is 201 Å². The Hall–Kier alpha value is -3.86. The molecule has 11 nitrogen and oxygen atoms in total. The van der Waals surface area contributed by atoms with Gasteiger partial charge in [-0.15, -0.1) is 0 Å². The highest BCUT2D eigenvalue weighted by atomic mass is 16.5. The first kappa shape index (κ1) is 21.7. The highest BCUT2D eigenvalue weighted by molar-refractivity contribution is 5.93. The fraction of sp³-hybridized carbons (Fsp3) is 0.417. The molecule has 0 bridgehead atoms. The number of hydrogen-bond donors (Lipinski definition) is 2. The van der Waals surface area contributed by atoms with Gasteiger partial charge < -0.3 is 24.5 Å². The Kier molecular flexibility index (Phi) is 5.21. The second kappa shape index (κ2) is 8.42. The minimum Gasteiger partial charge on any atom is -0.378 e. The molecule has 1 amide bonds. The zero-order chi connectivity index (χ0) is 24.0. The van der Waals surface area contributed by atoms with Crippen molar-refractivity contribution in [1.82, 2.24) is 35.4 Å². The van der Waals surface area contributed by atoms with Gasteiger partial charge in [0.1, 0.15) is 23.5 Å². The Morgan fingerprint density at radius 2 is 2.00 bits per heavy atom. The van der Waals surface area contributed by atoms with Crippen LogP contribution in [0, 0.1) is 0 Å². The maximum atomic E-state index is 12.8. The van der Waals surface area contributed by atoms with Crippen molar-refractivity contribution in [2.75, 3.05) is 31.2 Å². The average Bonchev–Trinajstić information content (AvgIpc) is 3.28. The fourth-order valence-corrected chi connectivity index (χ4v) is 4.18. The van der Waals surface area contributed by atoms with Crippen molar-refractivity contribution in [3.05, 3.63) is 47.7 Å². The van der Waals surface area contributed by atoms with Crippen molar-refractivity contribution in [2.24, 2.45) is 0 Å². The van der Waals surface area contributed by atoms with E-state index >= 15 is 0 Å². The molecule has 0 aromatic carbocycles. The summed E-state index contributed by atoms with van der Waals surface area (Å²) >= 11 is 0. The molecule has 1 aliphatic carbocycles. The maximum absolute atomic E-state index is 12.8. The van der Waals surface area contributed by atoms with Crippen molar-refractivity contribution in [3.63, 3.8) is 0 Å². The molecule has 0 spiro atoms. The molecule has 6 rings (SSSR count). The molecule has 1 aliphatic heterocycles. The first-order chi connectivity index (χ1) is 17.0. The lowest BCUT2D eigenvalue weighted by molar-refractivity contribution is 0.0928. The number of imidazole rings is 1. The number of carbonyl (C=O) groups excluding carboxylic acids is 1. The van der Waals surface area contributed by atoms with Crippen LogP contribution in [0.2, 0.25) is 0 Å². The number of pyridine rings is 1. The molecule has 0 unspecified atom stereocenters. The number of aromatic amines is 1. The number of ether oxygens (including phenoxy) is 1. The molecule has 2 fully saturated rings. The summed E-state index contributed by atoms with van der Waals surface area (Å²) in [6.45, 7) is 6.78. The van der Waals surface area contributed by atoms with E-state index in [0.717, 1.165) is 37.1 Å². The van der Waals surface area contributed by atoms with Gasteiger partial charge in [0, 0.05) is 36.3 Å². The van der Waals surface area contributed by atoms with Gasteiger partial charge in [-0.05, 0) is 31.9 Å². The summed E-state index contributed by atoms with van der Waals surface area (Å²) in [5, 5.41) is 7.07. The molecule has 35 heavy (non-hydrogen) atoms. The van der Waals surface area contributed by atoms with Gasteiger partial charge in [-0.1, -0.05) is 12.1 Å². The summed E-state index contributed by atoms with van der Waals surface area (Å²) in [5.41, 5.74) is 3.59. The number of aromatic nitrogens is 6. The lowest BCUT2D eigenvalue weighted by Crippen LogP contribution is -2.37. The van der Waals surface area contributed by atoms with Gasteiger partial charge in [-0.2, -0.15) is 0 Å². The minimum atomic E-state index is -0.422. The van der Waals surface area contributed by atoms with E-state index in [-0.39, 0.29) is 17.0 Å². The number of hydrogen-bond acceptors (Lipinski definition) is 9. The third kappa shape index (κ3) is 4.23. The number of carbonyl (C=O) groups is 1. The highest BCUT2D eigenvalue weighted by Crippen LogP contribution is 2.46. The lowest BCUT2D eigenvalue weighted by Gasteiger charge is -2.27. The maximum Gasteiger partial charge on any atom is 0.270 e. The third-order valence-electron chi connectivity index (χ3n) is 6.73. The molecule has 180 valence electrons. The number of H-pyrrole nitrogens is 1. The molecule has 4 aromatic rings. The van der Waals surface area contributed by atoms with Crippen LogP contribution in [0.15, 0.2) is 35.1 Å². The Morgan fingerprint density at radius 1 is 1.17 bits per heavy atom. The SMILES string of the molecule is C[C@@H](NC(=O)c1cc(N2CCOCC2)ncn1)c1cc(-c2nc3nc(C4(C)CC4)ccc3[nH]2)no1. The third-order valence-corrected chi connectivity index (χ3v) is 6.73. The largest absolute Gasteiger partial charge is 0.378 e. The van der Waals surface area contributed by atoms with Gasteiger partial charge in [0.2, 0.25) is 0 Å². The zero-order valence-corrected chi connectivity index (χ0v) is 19.6. The molecular weight excluding hydrogens is 448 g/mol. The van der Waals surface area contributed by atoms with Crippen LogP contribution in [-0.4, -0.2) is 62.3 Å². The fourth-order valence-electron chi connectivity index (χ4n) is 4.18. The van der Waals surface area contributed by atoms with Crippen molar-refractivity contribution in [2.45, 2.75) is 38.1 Å². The number of nitrogens with one attached hydrogen (secondary N) is 2. The molecule has 1 saturated heterocycles. The smallest absolute Gasteiger partial charge is 0.270 e. The second-order valence-corrected chi connectivity index (χ2v) is 9.38. The van der Waals surface area contributed by atoms with E-state index in [1.807, 2.05) is 13.0 Å². The molecule has 2 aliphatic rings. The molecule has 2 N–H and O–H groups in total. The standard InChI is InChI=1S/C24H26N8O3/c1-14(27-23(33)17-12-20(26-13-25-17)32-7-9-34-10-8-32)18-11-16(31-35-18)22-28-15-3-4-19(24(2)5-6-24)29-21(15)30-22/h3-4,11-14H,5-10H2,1-2H3,(H,27,33)(H,28,29,30)/t14-/m1/s1. The van der Waals surface area contributed by atoms with Crippen LogP contribution in [0.3, 0.4) is 0 Å². The predicted molar refractivity (Wildman–Crippen MR) is 127 cm³/mol. The topological polar surface area (TPSA) is 135 Å². The quantitative estimate of drug-likeness (QED) is 0.432. The minimum absolute atomic E-state index is 0.175. The van der Waals surface area contributed by atoms with Gasteiger partial charge >= 0.3 is 0 Å². The Bertz CT molecular complexity index is 1390. The first-order valence-electron chi connectivity index (χ1n) is 11.8. The summed E-state index contributed by atoms with van der Waals surface area (Å²) in [7, 11) is 0. The van der Waals surface area contributed by atoms with Gasteiger partial charge in [0.25, 0.3) is 5.91 Å². The number of morpholine rings is 1. The van der Waals surface area contributed by atoms with Crippen molar-refractivity contribution >= 4 is 22.9 Å². The van der Waals surface area contributed by atoms with Crippen LogP contribution in [0.5, 0.6) is 0 Å². The van der Waals surface area contributed by atoms with Crippen LogP contribution in [-0.2, 0) is 10.2 Å². The number of fused-ring (bicyclic) bond motifs is 1. The van der Waals surface area contributed by atoms with E-state index in [1.54, 1.807) is 12.1 Å². The molecular formula is C24H26N8O3. The Balaban J connectivity index is 1.16. The number of amides is 1. The van der Waals surface area contributed by atoms with Gasteiger partial charge in [0.05, 0.1) is 24.8 Å². The summed E-state index contributed by atoms with van der Waals surface area (Å²) in [6, 6.07) is 7.10. The summed E-state index contributed by atoms with van der Waals surface area (Å²) in [5.74, 6) is 1.47. The lowest BCUT2D eigenvalue weighted by atomic mass is 10.1. The summed E-state index contributed by atoms with van der Waals surface area (Å²) < 4.78 is 10.9. The van der Waals surface area contributed by atoms with E-state index in [9.17, 15) is 4.79 Å². The van der Waals surface area contributed by atoms with Crippen molar-refractivity contribution in [3.8, 4) is 11.5 Å². The number of rotatable bonds is 6. The summed E-state index contributed by atoms with van der Waals surface area (Å²) in [4.78, 5) is 35.9. The highest BCUT2D eigenvalue weighted by Gasteiger charge is 2.40. The normalized spacial score (nSPS) is 17.9. The molecule has 4 aromatic heterocycles. The van der Waals surface area contributed by atoms with E-state index in [1.165, 1.54) is 6.33 Å². The van der Waals surface area contributed by atoms with Crippen LogP contribution in [0.25, 0.3) is 22.7 Å². The predicted octanol–water partition coefficient (Wildman–Crippen LogP) is 2.78. The van der Waals surface area contributed by atoms with Gasteiger partial charge in [0.15, 0.2) is 17.2 Å². The monoisotopic (exact) mass is 474 g/mol. The molecule has 1 atom stereocenters. The van der Waals surface area contributed by atoms with Gasteiger partial charge in [-0.3, -0.25) is 4.79 Å². The van der Waals surface area contributed by atoms with Crippen LogP contribution >= 0.6 is 0 Å². The van der Waals surface area contributed by atoms with Gasteiger partial charge in [-0.25, -0.2) is 19.9 Å². The van der Waals surface area contributed by atoms with E-state index < -0.39 is 6.04 Å². The van der Waals surface area contributed by atoms with E-state index in [2.05, 4.69) is 48.3 Å². The molecule has 5 heterocycles. The number of nitrogens with zero attached hydrogens (tertiary/aromatic N) is 6. The first-order valence-corrected chi connectivity index (χ1v) is 11.8. The molecule has 0 radical (unpaired) electrons. The average molecular weight is 475 g/mol. The summed E-state index contributed by atoms with van der Waals surface area (Å²) in [6.07, 6.45) is 3.71. The molecule has 11 heteroatoms. The zero-order valence-electron chi connectivity index (χ0n) is 19.6. The van der Waals surface area contributed by atoms with Crippen LogP contribution < -0.4 is 10.2 Å². The van der Waals surface area contributed by atoms with Crippen molar-refractivity contribution < 1.29 is 14.1 Å².